The van der Waals surface area contributed by atoms with Gasteiger partial charge in [0, 0.05) is 37.9 Å². The van der Waals surface area contributed by atoms with Gasteiger partial charge in [0.05, 0.1) is 0 Å². The van der Waals surface area contributed by atoms with E-state index < -0.39 is 0 Å². The van der Waals surface area contributed by atoms with Gasteiger partial charge >= 0.3 is 0 Å². The number of benzene rings is 2. The van der Waals surface area contributed by atoms with Crippen molar-refractivity contribution < 1.29 is 14.3 Å². The van der Waals surface area contributed by atoms with Crippen LogP contribution >= 0.6 is 12.4 Å². The van der Waals surface area contributed by atoms with Crippen molar-refractivity contribution in [1.82, 2.24) is 5.32 Å². The third-order valence-electron chi connectivity index (χ3n) is 3.59. The Hall–Kier alpha value is -2.08. The third-order valence-corrected chi connectivity index (χ3v) is 3.59. The van der Waals surface area contributed by atoms with Crippen molar-refractivity contribution in [2.45, 2.75) is 19.6 Å². The fourth-order valence-corrected chi connectivity index (χ4v) is 2.28. The van der Waals surface area contributed by atoms with E-state index >= 15 is 0 Å². The summed E-state index contributed by atoms with van der Waals surface area (Å²) in [5.74, 6) is 0.590. The van der Waals surface area contributed by atoms with Crippen LogP contribution in [0.5, 0.6) is 5.75 Å². The fraction of sp³-hybridized carbons (Fsp3) is 0.316. The number of amides is 1. The van der Waals surface area contributed by atoms with Crippen LogP contribution in [0.4, 0.5) is 0 Å². The van der Waals surface area contributed by atoms with E-state index in [9.17, 15) is 4.79 Å². The Morgan fingerprint density at radius 2 is 1.92 bits per heavy atom. The summed E-state index contributed by atoms with van der Waals surface area (Å²) in [4.78, 5) is 12.1. The Bertz CT molecular complexity index is 650. The highest BCUT2D eigenvalue weighted by Crippen LogP contribution is 2.21. The lowest BCUT2D eigenvalue weighted by Crippen LogP contribution is -2.25. The highest BCUT2D eigenvalue weighted by atomic mass is 35.5. The van der Waals surface area contributed by atoms with Crippen molar-refractivity contribution in [3.63, 3.8) is 0 Å². The van der Waals surface area contributed by atoms with Crippen LogP contribution in [0.3, 0.4) is 0 Å². The van der Waals surface area contributed by atoms with Gasteiger partial charge in [0.2, 0.25) is 0 Å². The molecule has 25 heavy (non-hydrogen) atoms. The minimum Gasteiger partial charge on any atom is -0.489 e. The van der Waals surface area contributed by atoms with Crippen molar-refractivity contribution in [3.05, 3.63) is 65.2 Å². The quantitative estimate of drug-likeness (QED) is 0.671. The average molecular weight is 365 g/mol. The van der Waals surface area contributed by atoms with E-state index in [1.807, 2.05) is 30.3 Å². The molecular formula is C19H25ClN2O3. The first kappa shape index (κ1) is 21.0. The third kappa shape index (κ3) is 6.74. The van der Waals surface area contributed by atoms with Crippen LogP contribution in [0.15, 0.2) is 48.5 Å². The molecule has 0 atom stereocenters. The number of nitrogens with two attached hydrogens (primary N) is 1. The molecule has 0 saturated heterocycles. The maximum Gasteiger partial charge on any atom is 0.251 e. The molecule has 0 aromatic heterocycles. The molecule has 0 unspecified atom stereocenters. The van der Waals surface area contributed by atoms with Gasteiger partial charge in [0.25, 0.3) is 5.91 Å². The van der Waals surface area contributed by atoms with Crippen molar-refractivity contribution in [3.8, 4) is 5.75 Å². The van der Waals surface area contributed by atoms with E-state index in [4.69, 9.17) is 15.2 Å². The van der Waals surface area contributed by atoms with Gasteiger partial charge in [-0.25, -0.2) is 0 Å². The van der Waals surface area contributed by atoms with E-state index in [2.05, 4.69) is 5.32 Å². The monoisotopic (exact) mass is 364 g/mol. The molecule has 0 fully saturated rings. The molecule has 0 heterocycles. The summed E-state index contributed by atoms with van der Waals surface area (Å²) in [6.45, 7) is 1.99. The van der Waals surface area contributed by atoms with Gasteiger partial charge in [-0.15, -0.1) is 12.4 Å². The van der Waals surface area contributed by atoms with Crippen LogP contribution in [0.1, 0.15) is 27.9 Å². The highest BCUT2D eigenvalue weighted by molar-refractivity contribution is 5.94. The molecule has 3 N–H and O–H groups in total. The molecule has 136 valence electrons. The minimum atomic E-state index is -0.115. The summed E-state index contributed by atoms with van der Waals surface area (Å²) < 4.78 is 10.8. The number of hydrogen-bond acceptors (Lipinski definition) is 4. The second kappa shape index (κ2) is 11.5. The fourth-order valence-electron chi connectivity index (χ4n) is 2.28. The van der Waals surface area contributed by atoms with Gasteiger partial charge in [0.1, 0.15) is 12.4 Å². The van der Waals surface area contributed by atoms with Gasteiger partial charge in [0.15, 0.2) is 0 Å². The lowest BCUT2D eigenvalue weighted by atomic mass is 10.1. The van der Waals surface area contributed by atoms with Crippen molar-refractivity contribution >= 4 is 18.3 Å². The van der Waals surface area contributed by atoms with E-state index in [1.54, 1.807) is 25.3 Å². The van der Waals surface area contributed by atoms with Crippen LogP contribution in [0.2, 0.25) is 0 Å². The number of methoxy groups -OCH3 is 1. The minimum absolute atomic E-state index is 0. The molecular weight excluding hydrogens is 340 g/mol. The Morgan fingerprint density at radius 3 is 2.60 bits per heavy atom. The molecule has 0 saturated carbocycles. The van der Waals surface area contributed by atoms with Crippen LogP contribution in [0.25, 0.3) is 0 Å². The molecule has 5 nitrogen and oxygen atoms in total. The van der Waals surface area contributed by atoms with Crippen LogP contribution in [-0.4, -0.2) is 26.2 Å². The van der Waals surface area contributed by atoms with Gasteiger partial charge < -0.3 is 20.5 Å². The smallest absolute Gasteiger partial charge is 0.251 e. The van der Waals surface area contributed by atoms with Gasteiger partial charge in [-0.1, -0.05) is 30.3 Å². The number of halogens is 1. The van der Waals surface area contributed by atoms with Crippen LogP contribution in [0, 0.1) is 0 Å². The van der Waals surface area contributed by atoms with E-state index in [0.29, 0.717) is 37.6 Å². The predicted molar refractivity (Wildman–Crippen MR) is 101 cm³/mol. The molecule has 0 aliphatic carbocycles. The largest absolute Gasteiger partial charge is 0.489 e. The number of ether oxygens (including phenoxy) is 2. The molecule has 0 aliphatic rings. The SMILES string of the molecule is COCCCNC(=O)c1ccc(OCc2ccccc2)c(CN)c1.Cl. The van der Waals surface area contributed by atoms with E-state index in [1.165, 1.54) is 0 Å². The lowest BCUT2D eigenvalue weighted by molar-refractivity contribution is 0.0948. The predicted octanol–water partition coefficient (Wildman–Crippen LogP) is 2.91. The molecule has 0 spiro atoms. The number of carbonyl (C=O) groups excluding carboxylic acids is 1. The highest BCUT2D eigenvalue weighted by Gasteiger charge is 2.10. The summed E-state index contributed by atoms with van der Waals surface area (Å²) in [7, 11) is 1.64. The average Bonchev–Trinajstić information content (AvgIpc) is 2.64. The zero-order chi connectivity index (χ0) is 17.2. The molecule has 0 aliphatic heterocycles. The summed E-state index contributed by atoms with van der Waals surface area (Å²) in [5.41, 5.74) is 8.28. The van der Waals surface area contributed by atoms with Gasteiger partial charge in [-0.05, 0) is 30.2 Å². The lowest BCUT2D eigenvalue weighted by Gasteiger charge is -2.12. The van der Waals surface area contributed by atoms with Crippen LogP contribution < -0.4 is 15.8 Å². The summed E-state index contributed by atoms with van der Waals surface area (Å²) in [6, 6.07) is 15.3. The Kier molecular flexibility index (Phi) is 9.62. The van der Waals surface area contributed by atoms with Crippen molar-refractivity contribution in [1.29, 1.82) is 0 Å². The number of rotatable bonds is 9. The number of carbonyl (C=O) groups is 1. The molecule has 0 bridgehead atoms. The first-order chi connectivity index (χ1) is 11.7. The second-order valence-corrected chi connectivity index (χ2v) is 5.40. The Balaban J connectivity index is 0.00000312. The molecule has 2 aromatic carbocycles. The van der Waals surface area contributed by atoms with E-state index in [-0.39, 0.29) is 18.3 Å². The summed E-state index contributed by atoms with van der Waals surface area (Å²) in [6.07, 6.45) is 0.782. The normalized spacial score (nSPS) is 10.0. The zero-order valence-corrected chi connectivity index (χ0v) is 15.2. The maximum absolute atomic E-state index is 12.1. The molecule has 2 rings (SSSR count). The van der Waals surface area contributed by atoms with Gasteiger partial charge in [-0.2, -0.15) is 0 Å². The molecule has 0 radical (unpaired) electrons. The number of nitrogens with one attached hydrogen (secondary N) is 1. The topological polar surface area (TPSA) is 73.6 Å². The zero-order valence-electron chi connectivity index (χ0n) is 14.4. The van der Waals surface area contributed by atoms with E-state index in [0.717, 1.165) is 17.5 Å². The molecule has 6 heteroatoms. The Labute approximate surface area is 154 Å². The van der Waals surface area contributed by atoms with Crippen molar-refractivity contribution in [2.75, 3.05) is 20.3 Å². The first-order valence-corrected chi connectivity index (χ1v) is 8.01. The number of hydrogen-bond donors (Lipinski definition) is 2. The summed E-state index contributed by atoms with van der Waals surface area (Å²) >= 11 is 0. The molecule has 1 amide bonds. The van der Waals surface area contributed by atoms with Crippen molar-refractivity contribution in [2.24, 2.45) is 5.73 Å². The standard InChI is InChI=1S/C19H24N2O3.ClH/c1-23-11-5-10-21-19(22)16-8-9-18(17(12-16)13-20)24-14-15-6-3-2-4-7-15;/h2-4,6-9,12H,5,10-11,13-14,20H2,1H3,(H,21,22);1H. The molecule has 2 aromatic rings. The van der Waals surface area contributed by atoms with Gasteiger partial charge in [-0.3, -0.25) is 4.79 Å². The maximum atomic E-state index is 12.1. The summed E-state index contributed by atoms with van der Waals surface area (Å²) in [5, 5.41) is 2.86. The second-order valence-electron chi connectivity index (χ2n) is 5.40. The van der Waals surface area contributed by atoms with Crippen LogP contribution in [-0.2, 0) is 17.9 Å². The Morgan fingerprint density at radius 1 is 1.16 bits per heavy atom. The first-order valence-electron chi connectivity index (χ1n) is 8.01.